The Morgan fingerprint density at radius 2 is 2.24 bits per heavy atom. The number of aromatic nitrogens is 1. The average molecular weight is 309 g/mol. The topological polar surface area (TPSA) is 97.3 Å². The van der Waals surface area contributed by atoms with Gasteiger partial charge in [0.2, 0.25) is 0 Å². The third kappa shape index (κ3) is 4.32. The molecule has 7 nitrogen and oxygen atoms in total. The molecular formula is C13H15N3O4S. The quantitative estimate of drug-likeness (QED) is 0.605. The van der Waals surface area contributed by atoms with Crippen LogP contribution < -0.4 is 14.9 Å². The number of anilines is 1. The smallest absolute Gasteiger partial charge is 0.304 e. The van der Waals surface area contributed by atoms with E-state index in [-0.39, 0.29) is 10.6 Å². The first-order chi connectivity index (χ1) is 10.1. The SMILES string of the molecule is CCCOc1cc(NCc2csc(=O)[nH]2)cc([N+](=O)[O-])c1. The van der Waals surface area contributed by atoms with Gasteiger partial charge in [0.25, 0.3) is 5.69 Å². The Labute approximate surface area is 124 Å². The van der Waals surface area contributed by atoms with Gasteiger partial charge < -0.3 is 15.0 Å². The van der Waals surface area contributed by atoms with Crippen molar-refractivity contribution in [2.24, 2.45) is 0 Å². The number of hydrogen-bond acceptors (Lipinski definition) is 6. The fraction of sp³-hybridized carbons (Fsp3) is 0.308. The number of rotatable bonds is 7. The lowest BCUT2D eigenvalue weighted by atomic mass is 10.2. The van der Waals surface area contributed by atoms with Crippen LogP contribution in [0.3, 0.4) is 0 Å². The molecule has 0 saturated heterocycles. The highest BCUT2D eigenvalue weighted by Gasteiger charge is 2.10. The molecule has 0 fully saturated rings. The van der Waals surface area contributed by atoms with Crippen molar-refractivity contribution in [2.45, 2.75) is 19.9 Å². The zero-order chi connectivity index (χ0) is 15.2. The third-order valence-electron chi connectivity index (χ3n) is 2.63. The zero-order valence-corrected chi connectivity index (χ0v) is 12.2. The number of nitrogens with zero attached hydrogens (tertiary/aromatic N) is 1. The molecule has 8 heteroatoms. The highest BCUT2D eigenvalue weighted by molar-refractivity contribution is 7.07. The van der Waals surface area contributed by atoms with Gasteiger partial charge in [0.05, 0.1) is 24.1 Å². The predicted molar refractivity (Wildman–Crippen MR) is 81.1 cm³/mol. The van der Waals surface area contributed by atoms with Crippen LogP contribution in [0, 0.1) is 10.1 Å². The van der Waals surface area contributed by atoms with E-state index in [1.165, 1.54) is 12.1 Å². The first-order valence-electron chi connectivity index (χ1n) is 6.41. The summed E-state index contributed by atoms with van der Waals surface area (Å²) in [5, 5.41) is 15.7. The van der Waals surface area contributed by atoms with Crippen LogP contribution in [0.2, 0.25) is 0 Å². The van der Waals surface area contributed by atoms with Gasteiger partial charge in [0.15, 0.2) is 0 Å². The second kappa shape index (κ2) is 6.89. The molecular weight excluding hydrogens is 294 g/mol. The number of H-pyrrole nitrogens is 1. The maximum Gasteiger partial charge on any atom is 0.304 e. The molecule has 0 saturated carbocycles. The van der Waals surface area contributed by atoms with Crippen LogP contribution in [0.1, 0.15) is 19.0 Å². The summed E-state index contributed by atoms with van der Waals surface area (Å²) in [7, 11) is 0. The number of thiazole rings is 1. The van der Waals surface area contributed by atoms with Crippen molar-refractivity contribution in [3.63, 3.8) is 0 Å². The Morgan fingerprint density at radius 3 is 2.86 bits per heavy atom. The van der Waals surface area contributed by atoms with Crippen molar-refractivity contribution < 1.29 is 9.66 Å². The summed E-state index contributed by atoms with van der Waals surface area (Å²) in [5.41, 5.74) is 1.26. The first-order valence-corrected chi connectivity index (χ1v) is 7.29. The molecule has 0 spiro atoms. The molecule has 1 aromatic carbocycles. The molecule has 0 aliphatic carbocycles. The molecule has 1 heterocycles. The van der Waals surface area contributed by atoms with E-state index in [4.69, 9.17) is 4.74 Å². The number of nitro benzene ring substituents is 1. The number of hydrogen-bond donors (Lipinski definition) is 2. The number of non-ortho nitro benzene ring substituents is 1. The van der Waals surface area contributed by atoms with Crippen LogP contribution in [-0.4, -0.2) is 16.5 Å². The van der Waals surface area contributed by atoms with E-state index in [2.05, 4.69) is 10.3 Å². The number of aromatic amines is 1. The zero-order valence-electron chi connectivity index (χ0n) is 11.4. The summed E-state index contributed by atoms with van der Waals surface area (Å²) < 4.78 is 5.44. The lowest BCUT2D eigenvalue weighted by Gasteiger charge is -2.09. The van der Waals surface area contributed by atoms with E-state index in [1.54, 1.807) is 11.4 Å². The van der Waals surface area contributed by atoms with Crippen LogP contribution in [0.5, 0.6) is 5.75 Å². The molecule has 0 amide bonds. The van der Waals surface area contributed by atoms with Gasteiger partial charge in [-0.05, 0) is 6.42 Å². The second-order valence-electron chi connectivity index (χ2n) is 4.35. The Bertz CT molecular complexity index is 680. The summed E-state index contributed by atoms with van der Waals surface area (Å²) in [6.07, 6.45) is 0.821. The highest BCUT2D eigenvalue weighted by Crippen LogP contribution is 2.26. The summed E-state index contributed by atoms with van der Waals surface area (Å²) in [6.45, 7) is 2.84. The van der Waals surface area contributed by atoms with E-state index in [9.17, 15) is 14.9 Å². The van der Waals surface area contributed by atoms with Gasteiger partial charge in [-0.25, -0.2) is 0 Å². The molecule has 0 atom stereocenters. The van der Waals surface area contributed by atoms with Gasteiger partial charge in [-0.3, -0.25) is 14.9 Å². The van der Waals surface area contributed by atoms with Crippen molar-refractivity contribution >= 4 is 22.7 Å². The Morgan fingerprint density at radius 1 is 1.43 bits per heavy atom. The summed E-state index contributed by atoms with van der Waals surface area (Å²) in [6, 6.07) is 4.53. The van der Waals surface area contributed by atoms with Crippen molar-refractivity contribution in [1.82, 2.24) is 4.98 Å². The molecule has 1 aromatic heterocycles. The number of nitro groups is 1. The van der Waals surface area contributed by atoms with Crippen LogP contribution in [0.25, 0.3) is 0 Å². The second-order valence-corrected chi connectivity index (χ2v) is 5.19. The van der Waals surface area contributed by atoms with Gasteiger partial charge in [-0.1, -0.05) is 18.3 Å². The summed E-state index contributed by atoms with van der Waals surface area (Å²) in [4.78, 5) is 24.1. The molecule has 2 N–H and O–H groups in total. The van der Waals surface area contributed by atoms with Gasteiger partial charge in [-0.2, -0.15) is 0 Å². The molecule has 112 valence electrons. The van der Waals surface area contributed by atoms with Crippen molar-refractivity contribution in [3.8, 4) is 5.75 Å². The van der Waals surface area contributed by atoms with E-state index in [1.807, 2.05) is 6.92 Å². The highest BCUT2D eigenvalue weighted by atomic mass is 32.1. The molecule has 2 rings (SSSR count). The van der Waals surface area contributed by atoms with Crippen molar-refractivity contribution in [2.75, 3.05) is 11.9 Å². The summed E-state index contributed by atoms with van der Waals surface area (Å²) >= 11 is 1.08. The third-order valence-corrected chi connectivity index (χ3v) is 3.35. The molecule has 2 aromatic rings. The maximum atomic E-state index is 11.0. The largest absolute Gasteiger partial charge is 0.493 e. The molecule has 0 unspecified atom stereocenters. The maximum absolute atomic E-state index is 11.0. The minimum atomic E-state index is -0.462. The summed E-state index contributed by atoms with van der Waals surface area (Å²) in [5.74, 6) is 0.451. The van der Waals surface area contributed by atoms with Crippen LogP contribution in [0.4, 0.5) is 11.4 Å². The lowest BCUT2D eigenvalue weighted by Crippen LogP contribution is -2.04. The van der Waals surface area contributed by atoms with Crippen LogP contribution in [0.15, 0.2) is 28.4 Å². The van der Waals surface area contributed by atoms with Crippen LogP contribution in [-0.2, 0) is 6.54 Å². The van der Waals surface area contributed by atoms with E-state index in [0.29, 0.717) is 24.6 Å². The van der Waals surface area contributed by atoms with Gasteiger partial charge >= 0.3 is 4.87 Å². The molecule has 0 bridgehead atoms. The fourth-order valence-corrected chi connectivity index (χ4v) is 2.27. The normalized spacial score (nSPS) is 10.3. The van der Waals surface area contributed by atoms with Gasteiger partial charge in [-0.15, -0.1) is 0 Å². The van der Waals surface area contributed by atoms with Gasteiger partial charge in [0.1, 0.15) is 5.75 Å². The number of benzene rings is 1. The predicted octanol–water partition coefficient (Wildman–Crippen LogP) is 2.75. The number of ether oxygens (including phenoxy) is 1. The van der Waals surface area contributed by atoms with Crippen LogP contribution >= 0.6 is 11.3 Å². The minimum absolute atomic E-state index is 0.0371. The minimum Gasteiger partial charge on any atom is -0.493 e. The molecule has 0 aliphatic rings. The first kappa shape index (κ1) is 15.0. The monoisotopic (exact) mass is 309 g/mol. The molecule has 21 heavy (non-hydrogen) atoms. The Hall–Kier alpha value is -2.35. The fourth-order valence-electron chi connectivity index (χ4n) is 1.69. The van der Waals surface area contributed by atoms with E-state index in [0.717, 1.165) is 23.5 Å². The Kier molecular flexibility index (Phi) is 4.94. The molecule has 0 radical (unpaired) electrons. The van der Waals surface area contributed by atoms with Crippen molar-refractivity contribution in [3.05, 3.63) is 49.1 Å². The van der Waals surface area contributed by atoms with Gasteiger partial charge in [0, 0.05) is 28.9 Å². The van der Waals surface area contributed by atoms with Crippen molar-refractivity contribution in [1.29, 1.82) is 0 Å². The standard InChI is InChI=1S/C13H15N3O4S/c1-2-3-20-12-5-9(4-11(6-12)16(18)19)14-7-10-8-21-13(17)15-10/h4-6,8,14H,2-3,7H2,1H3,(H,15,17). The van der Waals surface area contributed by atoms with E-state index < -0.39 is 4.92 Å². The van der Waals surface area contributed by atoms with E-state index >= 15 is 0 Å². The average Bonchev–Trinajstić information content (AvgIpc) is 2.88. The Balaban J connectivity index is 2.14. The molecule has 0 aliphatic heterocycles. The lowest BCUT2D eigenvalue weighted by molar-refractivity contribution is -0.384. The number of nitrogens with one attached hydrogen (secondary N) is 2.